The maximum Gasteiger partial charge on any atom is 0.0954 e. The summed E-state index contributed by atoms with van der Waals surface area (Å²) in [5, 5.41) is 8.62. The summed E-state index contributed by atoms with van der Waals surface area (Å²) in [6.45, 7) is 3.61. The first-order chi connectivity index (χ1) is 10.1. The molecule has 3 rings (SSSR count). The number of hydrogen-bond acceptors (Lipinski definition) is 4. The molecule has 21 heavy (non-hydrogen) atoms. The Hall–Kier alpha value is -2.08. The van der Waals surface area contributed by atoms with Crippen molar-refractivity contribution in [2.45, 2.75) is 13.5 Å². The highest BCUT2D eigenvalue weighted by Crippen LogP contribution is 2.28. The predicted octanol–water partition coefficient (Wildman–Crippen LogP) is 3.20. The number of aryl methyl sites for hydroxylation is 1. The van der Waals surface area contributed by atoms with E-state index in [0.29, 0.717) is 0 Å². The Bertz CT molecular complexity index is 781. The molecular formula is C15H16BrN5. The van der Waals surface area contributed by atoms with Crippen molar-refractivity contribution in [2.24, 2.45) is 0 Å². The summed E-state index contributed by atoms with van der Waals surface area (Å²) in [4.78, 5) is 4.46. The highest BCUT2D eigenvalue weighted by molar-refractivity contribution is 9.10. The fraction of sp³-hybridized carbons (Fsp3) is 0.200. The number of rotatable bonds is 4. The Labute approximate surface area is 131 Å². The molecule has 0 amide bonds. The summed E-state index contributed by atoms with van der Waals surface area (Å²) in [6, 6.07) is 5.85. The van der Waals surface area contributed by atoms with Crippen molar-refractivity contribution in [3.63, 3.8) is 0 Å². The molecular weight excluding hydrogens is 330 g/mol. The van der Waals surface area contributed by atoms with Crippen molar-refractivity contribution in [3.8, 4) is 0 Å². The van der Waals surface area contributed by atoms with E-state index in [0.717, 1.165) is 39.8 Å². The predicted molar refractivity (Wildman–Crippen MR) is 89.3 cm³/mol. The first kappa shape index (κ1) is 13.9. The van der Waals surface area contributed by atoms with Crippen LogP contribution in [0, 0.1) is 6.92 Å². The van der Waals surface area contributed by atoms with Crippen LogP contribution in [-0.4, -0.2) is 21.3 Å². The Morgan fingerprint density at radius 2 is 2.19 bits per heavy atom. The van der Waals surface area contributed by atoms with Crippen LogP contribution >= 0.6 is 15.9 Å². The van der Waals surface area contributed by atoms with Crippen molar-refractivity contribution >= 4 is 38.2 Å². The van der Waals surface area contributed by atoms with Crippen LogP contribution in [0.5, 0.6) is 0 Å². The van der Waals surface area contributed by atoms with E-state index in [-0.39, 0.29) is 0 Å². The quantitative estimate of drug-likeness (QED) is 0.712. The van der Waals surface area contributed by atoms with Gasteiger partial charge in [0.15, 0.2) is 0 Å². The van der Waals surface area contributed by atoms with E-state index in [2.05, 4.69) is 31.3 Å². The van der Waals surface area contributed by atoms with Gasteiger partial charge in [-0.3, -0.25) is 9.67 Å². The lowest BCUT2D eigenvalue weighted by Crippen LogP contribution is -2.11. The first-order valence-corrected chi connectivity index (χ1v) is 7.49. The number of nitrogens with two attached hydrogens (primary N) is 1. The van der Waals surface area contributed by atoms with Crippen LogP contribution in [-0.2, 0) is 6.54 Å². The fourth-order valence-corrected chi connectivity index (χ4v) is 2.58. The normalized spacial score (nSPS) is 11.0. The van der Waals surface area contributed by atoms with Crippen LogP contribution < -0.4 is 11.1 Å². The second-order valence-electron chi connectivity index (χ2n) is 4.96. The summed E-state index contributed by atoms with van der Waals surface area (Å²) >= 11 is 3.43. The molecule has 0 saturated heterocycles. The maximum atomic E-state index is 6.01. The number of fused-ring (bicyclic) bond motifs is 1. The summed E-state index contributed by atoms with van der Waals surface area (Å²) in [5.41, 5.74) is 9.77. The zero-order chi connectivity index (χ0) is 14.8. The first-order valence-electron chi connectivity index (χ1n) is 6.70. The summed E-state index contributed by atoms with van der Waals surface area (Å²) in [5.74, 6) is 0. The Balaban J connectivity index is 1.79. The topological polar surface area (TPSA) is 68.8 Å². The lowest BCUT2D eigenvalue weighted by atomic mass is 10.1. The van der Waals surface area contributed by atoms with Gasteiger partial charge < -0.3 is 11.1 Å². The second-order valence-corrected chi connectivity index (χ2v) is 5.88. The minimum absolute atomic E-state index is 0.729. The van der Waals surface area contributed by atoms with E-state index in [1.807, 2.05) is 42.2 Å². The van der Waals surface area contributed by atoms with Crippen LogP contribution in [0.15, 0.2) is 41.3 Å². The van der Waals surface area contributed by atoms with E-state index in [1.54, 1.807) is 6.20 Å². The van der Waals surface area contributed by atoms with Crippen LogP contribution in [0.4, 0.5) is 11.4 Å². The number of nitrogens with zero attached hydrogens (tertiary/aromatic N) is 3. The van der Waals surface area contributed by atoms with E-state index in [9.17, 15) is 0 Å². The lowest BCUT2D eigenvalue weighted by molar-refractivity contribution is 0.637. The van der Waals surface area contributed by atoms with Crippen LogP contribution in [0.3, 0.4) is 0 Å². The zero-order valence-corrected chi connectivity index (χ0v) is 13.3. The molecule has 5 nitrogen and oxygen atoms in total. The molecule has 0 aliphatic heterocycles. The van der Waals surface area contributed by atoms with Crippen LogP contribution in [0.25, 0.3) is 10.9 Å². The largest absolute Gasteiger partial charge is 0.398 e. The molecule has 0 aliphatic rings. The van der Waals surface area contributed by atoms with Gasteiger partial charge in [-0.2, -0.15) is 5.10 Å². The molecule has 1 aromatic carbocycles. The summed E-state index contributed by atoms with van der Waals surface area (Å²) < 4.78 is 2.84. The number of aromatic nitrogens is 3. The standard InChI is InChI=1S/C15H16BrN5/c1-10-7-20-21(9-10)5-4-18-14-3-2-13(17)12-6-11(16)8-19-15(12)14/h2-3,6-9,18H,4-5,17H2,1H3. The molecule has 3 N–H and O–H groups in total. The molecule has 0 radical (unpaired) electrons. The molecule has 2 heterocycles. The van der Waals surface area contributed by atoms with E-state index >= 15 is 0 Å². The molecule has 0 aliphatic carbocycles. The number of benzene rings is 1. The molecule has 0 spiro atoms. The van der Waals surface area contributed by atoms with Crippen molar-refractivity contribution < 1.29 is 0 Å². The van der Waals surface area contributed by atoms with E-state index in [1.165, 1.54) is 5.56 Å². The van der Waals surface area contributed by atoms with Gasteiger partial charge in [0.25, 0.3) is 0 Å². The third kappa shape index (κ3) is 3.00. The van der Waals surface area contributed by atoms with Gasteiger partial charge in [0, 0.05) is 34.5 Å². The fourth-order valence-electron chi connectivity index (χ4n) is 2.25. The van der Waals surface area contributed by atoms with Gasteiger partial charge in [0.2, 0.25) is 0 Å². The smallest absolute Gasteiger partial charge is 0.0954 e. The van der Waals surface area contributed by atoms with Crippen molar-refractivity contribution in [1.29, 1.82) is 0 Å². The Kier molecular flexibility index (Phi) is 3.79. The third-order valence-corrected chi connectivity index (χ3v) is 3.70. The van der Waals surface area contributed by atoms with Gasteiger partial charge >= 0.3 is 0 Å². The molecule has 2 aromatic heterocycles. The average Bonchev–Trinajstić information content (AvgIpc) is 2.87. The molecule has 0 atom stereocenters. The number of hydrogen-bond donors (Lipinski definition) is 2. The van der Waals surface area contributed by atoms with Crippen LogP contribution in [0.2, 0.25) is 0 Å². The van der Waals surface area contributed by atoms with Gasteiger partial charge in [-0.05, 0) is 46.6 Å². The second kappa shape index (κ2) is 5.73. The van der Waals surface area contributed by atoms with E-state index < -0.39 is 0 Å². The Morgan fingerprint density at radius 1 is 1.33 bits per heavy atom. The minimum Gasteiger partial charge on any atom is -0.398 e. The molecule has 0 bridgehead atoms. The van der Waals surface area contributed by atoms with Crippen molar-refractivity contribution in [3.05, 3.63) is 46.8 Å². The van der Waals surface area contributed by atoms with Crippen molar-refractivity contribution in [1.82, 2.24) is 14.8 Å². The SMILES string of the molecule is Cc1cnn(CCNc2ccc(N)c3cc(Br)cnc23)c1. The highest BCUT2D eigenvalue weighted by Gasteiger charge is 2.06. The minimum atomic E-state index is 0.729. The number of nitrogens with one attached hydrogen (secondary N) is 1. The maximum absolute atomic E-state index is 6.01. The monoisotopic (exact) mass is 345 g/mol. The average molecular weight is 346 g/mol. The molecule has 6 heteroatoms. The summed E-state index contributed by atoms with van der Waals surface area (Å²) in [7, 11) is 0. The zero-order valence-electron chi connectivity index (χ0n) is 11.7. The molecule has 108 valence electrons. The molecule has 3 aromatic rings. The van der Waals surface area contributed by atoms with Crippen LogP contribution in [0.1, 0.15) is 5.56 Å². The molecule has 0 fully saturated rings. The Morgan fingerprint density at radius 3 is 2.95 bits per heavy atom. The van der Waals surface area contributed by atoms with Gasteiger partial charge in [-0.25, -0.2) is 0 Å². The highest BCUT2D eigenvalue weighted by atomic mass is 79.9. The van der Waals surface area contributed by atoms with Crippen molar-refractivity contribution in [2.75, 3.05) is 17.6 Å². The number of anilines is 2. The van der Waals surface area contributed by atoms with Gasteiger partial charge in [0.05, 0.1) is 23.9 Å². The third-order valence-electron chi connectivity index (χ3n) is 3.27. The number of nitrogen functional groups attached to an aromatic ring is 1. The summed E-state index contributed by atoms with van der Waals surface area (Å²) in [6.07, 6.45) is 5.67. The van der Waals surface area contributed by atoms with Gasteiger partial charge in [-0.1, -0.05) is 0 Å². The van der Waals surface area contributed by atoms with Gasteiger partial charge in [-0.15, -0.1) is 0 Å². The molecule has 0 unspecified atom stereocenters. The lowest BCUT2D eigenvalue weighted by Gasteiger charge is -2.11. The number of halogens is 1. The molecule has 0 saturated carbocycles. The van der Waals surface area contributed by atoms with Gasteiger partial charge in [0.1, 0.15) is 0 Å². The number of pyridine rings is 1. The van der Waals surface area contributed by atoms with E-state index in [4.69, 9.17) is 5.73 Å².